The third kappa shape index (κ3) is 5.25. The Morgan fingerprint density at radius 2 is 2.00 bits per heavy atom. The number of amides is 1. The van der Waals surface area contributed by atoms with Crippen LogP contribution in [0.4, 0.5) is 10.1 Å². The highest BCUT2D eigenvalue weighted by Crippen LogP contribution is 2.18. The number of aryl methyl sites for hydroxylation is 1. The molecular formula is C17H17FN2O5. The van der Waals surface area contributed by atoms with Crippen molar-refractivity contribution in [2.45, 2.75) is 13.0 Å². The average molecular weight is 348 g/mol. The van der Waals surface area contributed by atoms with Crippen molar-refractivity contribution in [3.05, 3.63) is 69.5 Å². The van der Waals surface area contributed by atoms with E-state index in [0.717, 1.165) is 0 Å². The van der Waals surface area contributed by atoms with E-state index in [1.165, 1.54) is 42.5 Å². The van der Waals surface area contributed by atoms with Gasteiger partial charge in [-0.3, -0.25) is 14.9 Å². The third-order valence-electron chi connectivity index (χ3n) is 3.41. The molecule has 2 rings (SSSR count). The minimum absolute atomic E-state index is 0.0595. The highest BCUT2D eigenvalue weighted by Gasteiger charge is 2.14. The molecule has 0 aliphatic rings. The van der Waals surface area contributed by atoms with Crippen molar-refractivity contribution in [3.63, 3.8) is 0 Å². The molecule has 0 radical (unpaired) electrons. The van der Waals surface area contributed by atoms with Gasteiger partial charge in [-0.15, -0.1) is 0 Å². The van der Waals surface area contributed by atoms with Gasteiger partial charge in [0.1, 0.15) is 24.3 Å². The van der Waals surface area contributed by atoms with E-state index in [9.17, 15) is 24.4 Å². The van der Waals surface area contributed by atoms with Gasteiger partial charge in [-0.05, 0) is 43.3 Å². The summed E-state index contributed by atoms with van der Waals surface area (Å²) in [6.45, 7) is 1.40. The molecule has 1 atom stereocenters. The Bertz CT molecular complexity index is 764. The fourth-order valence-electron chi connectivity index (χ4n) is 2.10. The van der Waals surface area contributed by atoms with E-state index < -0.39 is 22.8 Å². The average Bonchev–Trinajstić information content (AvgIpc) is 2.58. The maximum atomic E-state index is 12.8. The number of aliphatic hydroxyl groups is 1. The molecule has 0 bridgehead atoms. The summed E-state index contributed by atoms with van der Waals surface area (Å²) < 4.78 is 18.0. The van der Waals surface area contributed by atoms with Crippen LogP contribution in [0.1, 0.15) is 15.9 Å². The van der Waals surface area contributed by atoms with Crippen LogP contribution in [0.2, 0.25) is 0 Å². The van der Waals surface area contributed by atoms with Gasteiger partial charge in [0.15, 0.2) is 0 Å². The standard InChI is InChI=1S/C17H17FN2O5/c1-11-8-12(2-7-16(11)20(23)24)17(22)19-9-14(21)10-25-15-5-3-13(18)4-6-15/h2-8,14,21H,9-10H2,1H3,(H,19,22). The Hall–Kier alpha value is -3.00. The number of hydrogen-bond donors (Lipinski definition) is 2. The molecule has 0 aliphatic heterocycles. The summed E-state index contributed by atoms with van der Waals surface area (Å²) in [6, 6.07) is 9.36. The van der Waals surface area contributed by atoms with Crippen molar-refractivity contribution >= 4 is 11.6 Å². The molecule has 0 heterocycles. The maximum Gasteiger partial charge on any atom is 0.272 e. The van der Waals surface area contributed by atoms with Gasteiger partial charge in [0.05, 0.1) is 4.92 Å². The highest BCUT2D eigenvalue weighted by atomic mass is 19.1. The predicted octanol–water partition coefficient (Wildman–Crippen LogP) is 2.21. The number of hydrogen-bond acceptors (Lipinski definition) is 5. The number of rotatable bonds is 7. The molecule has 0 fully saturated rings. The van der Waals surface area contributed by atoms with Crippen molar-refractivity contribution in [1.29, 1.82) is 0 Å². The van der Waals surface area contributed by atoms with Crippen LogP contribution in [0.3, 0.4) is 0 Å². The van der Waals surface area contributed by atoms with E-state index in [4.69, 9.17) is 4.74 Å². The quantitative estimate of drug-likeness (QED) is 0.590. The third-order valence-corrected chi connectivity index (χ3v) is 3.41. The number of nitro benzene ring substituents is 1. The minimum Gasteiger partial charge on any atom is -0.491 e. The Morgan fingerprint density at radius 1 is 1.32 bits per heavy atom. The molecule has 0 saturated heterocycles. The minimum atomic E-state index is -0.965. The van der Waals surface area contributed by atoms with Crippen LogP contribution in [-0.2, 0) is 0 Å². The Morgan fingerprint density at radius 3 is 2.60 bits per heavy atom. The van der Waals surface area contributed by atoms with Gasteiger partial charge >= 0.3 is 0 Å². The topological polar surface area (TPSA) is 102 Å². The first-order valence-electron chi connectivity index (χ1n) is 7.46. The Kier molecular flexibility index (Phi) is 6.02. The van der Waals surface area contributed by atoms with E-state index in [-0.39, 0.29) is 24.4 Å². The zero-order chi connectivity index (χ0) is 18.4. The lowest BCUT2D eigenvalue weighted by Gasteiger charge is -2.13. The normalized spacial score (nSPS) is 11.6. The van der Waals surface area contributed by atoms with Gasteiger partial charge in [0.2, 0.25) is 0 Å². The first-order chi connectivity index (χ1) is 11.9. The predicted molar refractivity (Wildman–Crippen MR) is 88.1 cm³/mol. The summed E-state index contributed by atoms with van der Waals surface area (Å²) in [5.41, 5.74) is 0.567. The molecule has 0 aliphatic carbocycles. The zero-order valence-electron chi connectivity index (χ0n) is 13.4. The Balaban J connectivity index is 1.83. The van der Waals surface area contributed by atoms with Gasteiger partial charge in [0, 0.05) is 23.7 Å². The number of aliphatic hydroxyl groups excluding tert-OH is 1. The first kappa shape index (κ1) is 18.3. The summed E-state index contributed by atoms with van der Waals surface area (Å²) in [7, 11) is 0. The van der Waals surface area contributed by atoms with Crippen LogP contribution in [-0.4, -0.2) is 35.2 Å². The first-order valence-corrected chi connectivity index (χ1v) is 7.46. The summed E-state index contributed by atoms with van der Waals surface area (Å²) >= 11 is 0. The number of halogens is 1. The second kappa shape index (κ2) is 8.20. The molecule has 2 N–H and O–H groups in total. The second-order valence-electron chi connectivity index (χ2n) is 5.39. The van der Waals surface area contributed by atoms with Crippen LogP contribution in [0.15, 0.2) is 42.5 Å². The lowest BCUT2D eigenvalue weighted by atomic mass is 10.1. The summed E-state index contributed by atoms with van der Waals surface area (Å²) in [5, 5.41) is 23.1. The van der Waals surface area contributed by atoms with Crippen LogP contribution in [0, 0.1) is 22.9 Å². The van der Waals surface area contributed by atoms with Crippen molar-refractivity contribution < 1.29 is 24.0 Å². The smallest absolute Gasteiger partial charge is 0.272 e. The number of nitrogens with zero attached hydrogens (tertiary/aromatic N) is 1. The molecule has 0 aromatic heterocycles. The molecule has 2 aromatic carbocycles. The lowest BCUT2D eigenvalue weighted by molar-refractivity contribution is -0.385. The fraction of sp³-hybridized carbons (Fsp3) is 0.235. The maximum absolute atomic E-state index is 12.8. The monoisotopic (exact) mass is 348 g/mol. The molecule has 0 saturated carbocycles. The summed E-state index contributed by atoms with van der Waals surface area (Å²) in [5.74, 6) is -0.449. The number of benzene rings is 2. The molecule has 2 aromatic rings. The van der Waals surface area contributed by atoms with Gasteiger partial charge in [0.25, 0.3) is 11.6 Å². The van der Waals surface area contributed by atoms with Gasteiger partial charge < -0.3 is 15.2 Å². The van der Waals surface area contributed by atoms with Gasteiger partial charge in [-0.1, -0.05) is 0 Å². The van der Waals surface area contributed by atoms with Crippen LogP contribution in [0.25, 0.3) is 0 Å². The summed E-state index contributed by atoms with van der Waals surface area (Å²) in [4.78, 5) is 22.3. The molecular weight excluding hydrogens is 331 g/mol. The largest absolute Gasteiger partial charge is 0.491 e. The van der Waals surface area contributed by atoms with Crippen LogP contribution < -0.4 is 10.1 Å². The number of ether oxygens (including phenoxy) is 1. The molecule has 132 valence electrons. The second-order valence-corrected chi connectivity index (χ2v) is 5.39. The van der Waals surface area contributed by atoms with E-state index >= 15 is 0 Å². The number of carbonyl (C=O) groups is 1. The lowest BCUT2D eigenvalue weighted by Crippen LogP contribution is -2.35. The van der Waals surface area contributed by atoms with E-state index in [1.807, 2.05) is 0 Å². The van der Waals surface area contributed by atoms with Crippen molar-refractivity contribution in [2.24, 2.45) is 0 Å². The molecule has 7 nitrogen and oxygen atoms in total. The van der Waals surface area contributed by atoms with Crippen LogP contribution in [0.5, 0.6) is 5.75 Å². The molecule has 0 spiro atoms. The van der Waals surface area contributed by atoms with Crippen molar-refractivity contribution in [2.75, 3.05) is 13.2 Å². The van der Waals surface area contributed by atoms with Crippen molar-refractivity contribution in [3.8, 4) is 5.75 Å². The van der Waals surface area contributed by atoms with E-state index in [2.05, 4.69) is 5.32 Å². The van der Waals surface area contributed by atoms with Gasteiger partial charge in [-0.2, -0.15) is 0 Å². The van der Waals surface area contributed by atoms with Crippen molar-refractivity contribution in [1.82, 2.24) is 5.32 Å². The van der Waals surface area contributed by atoms with Gasteiger partial charge in [-0.25, -0.2) is 4.39 Å². The number of carbonyl (C=O) groups excluding carboxylic acids is 1. The highest BCUT2D eigenvalue weighted by molar-refractivity contribution is 5.94. The molecule has 1 amide bonds. The molecule has 8 heteroatoms. The summed E-state index contributed by atoms with van der Waals surface area (Å²) in [6.07, 6.45) is -0.965. The fourth-order valence-corrected chi connectivity index (χ4v) is 2.10. The Labute approximate surface area is 143 Å². The van der Waals surface area contributed by atoms with E-state index in [1.54, 1.807) is 6.92 Å². The number of nitrogens with one attached hydrogen (secondary N) is 1. The molecule has 25 heavy (non-hydrogen) atoms. The number of nitro groups is 1. The van der Waals surface area contributed by atoms with Crippen LogP contribution >= 0.6 is 0 Å². The zero-order valence-corrected chi connectivity index (χ0v) is 13.4. The molecule has 1 unspecified atom stereocenters. The SMILES string of the molecule is Cc1cc(C(=O)NCC(O)COc2ccc(F)cc2)ccc1[N+](=O)[O-]. The van der Waals surface area contributed by atoms with E-state index in [0.29, 0.717) is 11.3 Å².